The van der Waals surface area contributed by atoms with Crippen molar-refractivity contribution < 1.29 is 13.2 Å². The molecule has 1 aromatic carbocycles. The van der Waals surface area contributed by atoms with Gasteiger partial charge in [-0.15, -0.1) is 0 Å². The molecule has 1 aromatic heterocycles. The van der Waals surface area contributed by atoms with Gasteiger partial charge in [0.25, 0.3) is 10.0 Å². The third-order valence-corrected chi connectivity index (χ3v) is 6.05. The van der Waals surface area contributed by atoms with Gasteiger partial charge in [-0.05, 0) is 31.0 Å². The van der Waals surface area contributed by atoms with Crippen molar-refractivity contribution in [3.05, 3.63) is 42.4 Å². The molecule has 1 N–H and O–H groups in total. The molecular formula is C17H19N5O3S. The van der Waals surface area contributed by atoms with Gasteiger partial charge in [0.05, 0.1) is 23.9 Å². The molecule has 0 saturated carbocycles. The number of nitrogens with one attached hydrogen (secondary N) is 1. The van der Waals surface area contributed by atoms with E-state index in [1.165, 1.54) is 16.8 Å². The molecule has 0 aliphatic carbocycles. The molecule has 1 aliphatic heterocycles. The Labute approximate surface area is 152 Å². The van der Waals surface area contributed by atoms with Crippen molar-refractivity contribution in [2.45, 2.75) is 17.9 Å². The van der Waals surface area contributed by atoms with Crippen molar-refractivity contribution in [1.82, 2.24) is 13.9 Å². The summed E-state index contributed by atoms with van der Waals surface area (Å²) in [5.74, 6) is -0.700. The number of rotatable bonds is 4. The van der Waals surface area contributed by atoms with Crippen LogP contribution in [-0.2, 0) is 21.9 Å². The quantitative estimate of drug-likeness (QED) is 0.870. The lowest BCUT2D eigenvalue weighted by Gasteiger charge is -2.30. The van der Waals surface area contributed by atoms with Crippen LogP contribution in [0.15, 0.2) is 41.8 Å². The second-order valence-electron chi connectivity index (χ2n) is 6.26. The van der Waals surface area contributed by atoms with Gasteiger partial charge in [-0.3, -0.25) is 4.79 Å². The minimum atomic E-state index is -3.71. The molecule has 1 atom stereocenters. The van der Waals surface area contributed by atoms with Gasteiger partial charge < -0.3 is 9.88 Å². The number of carbonyl (C=O) groups is 1. The normalized spacial score (nSPS) is 18.2. The minimum Gasteiger partial charge on any atom is -0.339 e. The number of hydrogen-bond donors (Lipinski definition) is 1. The second kappa shape index (κ2) is 7.27. The van der Waals surface area contributed by atoms with E-state index >= 15 is 0 Å². The zero-order valence-corrected chi connectivity index (χ0v) is 15.1. The van der Waals surface area contributed by atoms with Crippen LogP contribution in [0.3, 0.4) is 0 Å². The summed E-state index contributed by atoms with van der Waals surface area (Å²) in [4.78, 5) is 16.5. The van der Waals surface area contributed by atoms with E-state index in [-0.39, 0.29) is 17.5 Å². The van der Waals surface area contributed by atoms with Crippen LogP contribution in [-0.4, -0.2) is 41.3 Å². The number of nitriles is 1. The molecule has 136 valence electrons. The van der Waals surface area contributed by atoms with Gasteiger partial charge in [0.1, 0.15) is 0 Å². The van der Waals surface area contributed by atoms with Crippen LogP contribution in [0.2, 0.25) is 0 Å². The molecule has 9 heteroatoms. The van der Waals surface area contributed by atoms with Crippen molar-refractivity contribution in [3.8, 4) is 6.07 Å². The molecule has 1 fully saturated rings. The number of piperidine rings is 1. The van der Waals surface area contributed by atoms with Crippen LogP contribution in [0.1, 0.15) is 18.4 Å². The Morgan fingerprint density at radius 1 is 1.42 bits per heavy atom. The molecule has 3 rings (SSSR count). The summed E-state index contributed by atoms with van der Waals surface area (Å²) in [6, 6.07) is 8.64. The summed E-state index contributed by atoms with van der Waals surface area (Å²) < 4.78 is 28.3. The Morgan fingerprint density at radius 3 is 2.92 bits per heavy atom. The Morgan fingerprint density at radius 2 is 2.23 bits per heavy atom. The SMILES string of the molecule is Cn1cnc(S(=O)(=O)N2CCC[C@H](C(=O)Nc3cccc(C#N)c3)C2)c1. The molecule has 2 aromatic rings. The van der Waals surface area contributed by atoms with Crippen molar-refractivity contribution >= 4 is 21.6 Å². The molecule has 1 amide bonds. The maximum atomic E-state index is 12.7. The Kier molecular flexibility index (Phi) is 5.06. The Bertz CT molecular complexity index is 961. The van der Waals surface area contributed by atoms with E-state index in [1.54, 1.807) is 35.9 Å². The maximum absolute atomic E-state index is 12.7. The Balaban J connectivity index is 1.71. The van der Waals surface area contributed by atoms with Crippen LogP contribution >= 0.6 is 0 Å². The number of aryl methyl sites for hydroxylation is 1. The van der Waals surface area contributed by atoms with E-state index in [2.05, 4.69) is 10.3 Å². The molecule has 0 unspecified atom stereocenters. The molecule has 0 bridgehead atoms. The number of carbonyl (C=O) groups excluding carboxylic acids is 1. The van der Waals surface area contributed by atoms with Gasteiger partial charge in [-0.25, -0.2) is 13.4 Å². The maximum Gasteiger partial charge on any atom is 0.262 e. The Hall–Kier alpha value is -2.70. The van der Waals surface area contributed by atoms with Crippen LogP contribution < -0.4 is 5.32 Å². The van der Waals surface area contributed by atoms with E-state index in [9.17, 15) is 13.2 Å². The fourth-order valence-corrected chi connectivity index (χ4v) is 4.43. The molecule has 26 heavy (non-hydrogen) atoms. The van der Waals surface area contributed by atoms with Gasteiger partial charge in [0.2, 0.25) is 5.91 Å². The fourth-order valence-electron chi connectivity index (χ4n) is 2.94. The lowest BCUT2D eigenvalue weighted by atomic mass is 9.98. The van der Waals surface area contributed by atoms with Crippen LogP contribution in [0.25, 0.3) is 0 Å². The third kappa shape index (κ3) is 3.76. The monoisotopic (exact) mass is 373 g/mol. The van der Waals surface area contributed by atoms with E-state index < -0.39 is 15.9 Å². The first-order valence-corrected chi connectivity index (χ1v) is 9.63. The molecule has 2 heterocycles. The highest BCUT2D eigenvalue weighted by molar-refractivity contribution is 7.89. The van der Waals surface area contributed by atoms with Crippen LogP contribution in [0.4, 0.5) is 5.69 Å². The standard InChI is InChI=1S/C17H19N5O3S/c1-21-11-16(19-12-21)26(24,25)22-7-3-5-14(10-22)17(23)20-15-6-2-4-13(8-15)9-18/h2,4,6,8,11-12,14H,3,5,7,10H2,1H3,(H,20,23)/t14-/m0/s1. The smallest absolute Gasteiger partial charge is 0.262 e. The topological polar surface area (TPSA) is 108 Å². The van der Waals surface area contributed by atoms with E-state index in [4.69, 9.17) is 5.26 Å². The number of sulfonamides is 1. The zero-order chi connectivity index (χ0) is 18.7. The van der Waals surface area contributed by atoms with Gasteiger partial charge >= 0.3 is 0 Å². The number of benzene rings is 1. The highest BCUT2D eigenvalue weighted by Gasteiger charge is 2.34. The second-order valence-corrected chi connectivity index (χ2v) is 8.15. The first kappa shape index (κ1) is 18.1. The average Bonchev–Trinajstić information content (AvgIpc) is 3.09. The summed E-state index contributed by atoms with van der Waals surface area (Å²) in [7, 11) is -2.01. The fraction of sp³-hybridized carbons (Fsp3) is 0.353. The van der Waals surface area contributed by atoms with E-state index in [0.717, 1.165) is 0 Å². The van der Waals surface area contributed by atoms with Crippen LogP contribution in [0, 0.1) is 17.2 Å². The van der Waals surface area contributed by atoms with Crippen molar-refractivity contribution in [2.75, 3.05) is 18.4 Å². The first-order valence-electron chi connectivity index (χ1n) is 8.19. The van der Waals surface area contributed by atoms with Gasteiger partial charge in [-0.1, -0.05) is 6.07 Å². The molecule has 1 aliphatic rings. The van der Waals surface area contributed by atoms with Crippen molar-refractivity contribution in [1.29, 1.82) is 5.26 Å². The van der Waals surface area contributed by atoms with Crippen LogP contribution in [0.5, 0.6) is 0 Å². The summed E-state index contributed by atoms with van der Waals surface area (Å²) in [6.07, 6.45) is 4.09. The lowest BCUT2D eigenvalue weighted by Crippen LogP contribution is -2.43. The summed E-state index contributed by atoms with van der Waals surface area (Å²) >= 11 is 0. The largest absolute Gasteiger partial charge is 0.339 e. The molecule has 0 spiro atoms. The number of hydrogen-bond acceptors (Lipinski definition) is 5. The predicted octanol–water partition coefficient (Wildman–Crippen LogP) is 1.33. The van der Waals surface area contributed by atoms with E-state index in [1.807, 2.05) is 6.07 Å². The van der Waals surface area contributed by atoms with Gasteiger partial charge in [0, 0.05) is 32.0 Å². The minimum absolute atomic E-state index is 0.0113. The number of anilines is 1. The van der Waals surface area contributed by atoms with Gasteiger partial charge in [0.15, 0.2) is 5.03 Å². The third-order valence-electron chi connectivity index (χ3n) is 4.30. The summed E-state index contributed by atoms with van der Waals surface area (Å²) in [5, 5.41) is 11.7. The zero-order valence-electron chi connectivity index (χ0n) is 14.3. The van der Waals surface area contributed by atoms with Gasteiger partial charge in [-0.2, -0.15) is 9.57 Å². The number of nitrogens with zero attached hydrogens (tertiary/aromatic N) is 4. The number of aromatic nitrogens is 2. The van der Waals surface area contributed by atoms with Crippen molar-refractivity contribution in [2.24, 2.45) is 13.0 Å². The number of imidazole rings is 1. The first-order chi connectivity index (χ1) is 12.4. The van der Waals surface area contributed by atoms with Crippen molar-refractivity contribution in [3.63, 3.8) is 0 Å². The average molecular weight is 373 g/mol. The van der Waals surface area contributed by atoms with E-state index in [0.29, 0.717) is 30.6 Å². The lowest BCUT2D eigenvalue weighted by molar-refractivity contribution is -0.120. The molecule has 1 saturated heterocycles. The molecular weight excluding hydrogens is 354 g/mol. The summed E-state index contributed by atoms with van der Waals surface area (Å²) in [6.45, 7) is 0.481. The number of amides is 1. The molecule has 8 nitrogen and oxygen atoms in total. The highest BCUT2D eigenvalue weighted by Crippen LogP contribution is 2.24. The predicted molar refractivity (Wildman–Crippen MR) is 94.5 cm³/mol. The summed E-state index contributed by atoms with van der Waals surface area (Å²) in [5.41, 5.74) is 0.976. The highest BCUT2D eigenvalue weighted by atomic mass is 32.2. The molecule has 0 radical (unpaired) electrons.